The van der Waals surface area contributed by atoms with Crippen molar-refractivity contribution in [3.05, 3.63) is 0 Å². The van der Waals surface area contributed by atoms with Gasteiger partial charge in [0.05, 0.1) is 12.5 Å². The number of nitrogens with two attached hydrogens (primary N) is 3. The topological polar surface area (TPSA) is 257 Å². The minimum atomic E-state index is -1.71. The van der Waals surface area contributed by atoms with Crippen LogP contribution in [0.2, 0.25) is 0 Å². The van der Waals surface area contributed by atoms with E-state index in [9.17, 15) is 33.9 Å². The van der Waals surface area contributed by atoms with E-state index in [2.05, 4.69) is 16.0 Å². The first-order chi connectivity index (χ1) is 16.3. The van der Waals surface area contributed by atoms with Crippen LogP contribution in [0.1, 0.15) is 58.8 Å². The fourth-order valence-electron chi connectivity index (χ4n) is 3.07. The first-order valence-corrected chi connectivity index (χ1v) is 11.4. The molecule has 11 N–H and O–H groups in total. The van der Waals surface area contributed by atoms with E-state index in [1.54, 1.807) is 13.8 Å². The lowest BCUT2D eigenvalue weighted by molar-refractivity contribution is -0.147. The SMILES string of the molecule is CCC(C)C(NC(=O)C(CCC(N)=O)NC(=O)C(N)CCCCN)C(=O)NC(CC(=O)O)C(=O)O. The molecule has 0 aliphatic carbocycles. The van der Waals surface area contributed by atoms with Gasteiger partial charge >= 0.3 is 11.9 Å². The molecule has 200 valence electrons. The van der Waals surface area contributed by atoms with Gasteiger partial charge in [-0.3, -0.25) is 24.0 Å². The predicted octanol–water partition coefficient (Wildman–Crippen LogP) is -2.23. The molecule has 0 rings (SSSR count). The molecule has 35 heavy (non-hydrogen) atoms. The quantitative estimate of drug-likeness (QED) is 0.0935. The second-order valence-corrected chi connectivity index (χ2v) is 8.33. The van der Waals surface area contributed by atoms with Crippen LogP contribution < -0.4 is 33.2 Å². The van der Waals surface area contributed by atoms with E-state index in [-0.39, 0.29) is 12.8 Å². The van der Waals surface area contributed by atoms with Gasteiger partial charge < -0.3 is 43.4 Å². The van der Waals surface area contributed by atoms with Crippen LogP contribution in [-0.2, 0) is 28.8 Å². The van der Waals surface area contributed by atoms with Crippen LogP contribution in [0.15, 0.2) is 0 Å². The molecule has 0 aromatic carbocycles. The summed E-state index contributed by atoms with van der Waals surface area (Å²) in [5.74, 6) is -6.52. The number of carbonyl (C=O) groups excluding carboxylic acids is 4. The zero-order valence-corrected chi connectivity index (χ0v) is 20.1. The molecular formula is C21H38N6O8. The van der Waals surface area contributed by atoms with Crippen molar-refractivity contribution in [3.8, 4) is 0 Å². The summed E-state index contributed by atoms with van der Waals surface area (Å²) in [6.07, 6.45) is 0.735. The third-order valence-electron chi connectivity index (χ3n) is 5.40. The third kappa shape index (κ3) is 12.7. The average Bonchev–Trinajstić information content (AvgIpc) is 2.78. The van der Waals surface area contributed by atoms with E-state index in [1.807, 2.05) is 0 Å². The highest BCUT2D eigenvalue weighted by atomic mass is 16.4. The molecule has 0 fully saturated rings. The molecule has 0 aliphatic rings. The molecule has 0 saturated heterocycles. The van der Waals surface area contributed by atoms with Crippen LogP contribution in [0.5, 0.6) is 0 Å². The number of hydrogen-bond donors (Lipinski definition) is 8. The highest BCUT2D eigenvalue weighted by Crippen LogP contribution is 2.11. The Morgan fingerprint density at radius 3 is 1.94 bits per heavy atom. The van der Waals surface area contributed by atoms with Crippen molar-refractivity contribution in [1.29, 1.82) is 0 Å². The number of carboxylic acids is 2. The molecule has 0 radical (unpaired) electrons. The normalized spacial score (nSPS) is 15.1. The van der Waals surface area contributed by atoms with E-state index in [1.165, 1.54) is 0 Å². The number of carbonyl (C=O) groups is 6. The molecular weight excluding hydrogens is 464 g/mol. The maximum Gasteiger partial charge on any atom is 0.326 e. The fraction of sp³-hybridized carbons (Fsp3) is 0.714. The van der Waals surface area contributed by atoms with Gasteiger partial charge in [0, 0.05) is 6.42 Å². The van der Waals surface area contributed by atoms with Crippen molar-refractivity contribution in [2.75, 3.05) is 6.54 Å². The number of aliphatic carboxylic acids is 2. The minimum Gasteiger partial charge on any atom is -0.481 e. The smallest absolute Gasteiger partial charge is 0.326 e. The standard InChI is InChI=1S/C21H38N6O8/c1-3-11(2)17(20(33)26-14(21(34)35)10-16(29)30)27-19(32)13(7-8-15(24)28)25-18(31)12(23)6-4-5-9-22/h11-14,17H,3-10,22-23H2,1-2H3,(H2,24,28)(H,25,31)(H,26,33)(H,27,32)(H,29,30)(H,34,35). The van der Waals surface area contributed by atoms with Gasteiger partial charge in [0.1, 0.15) is 18.1 Å². The molecule has 0 spiro atoms. The summed E-state index contributed by atoms with van der Waals surface area (Å²) in [4.78, 5) is 71.7. The van der Waals surface area contributed by atoms with Crippen molar-refractivity contribution in [2.45, 2.75) is 83.0 Å². The van der Waals surface area contributed by atoms with E-state index in [4.69, 9.17) is 22.3 Å². The van der Waals surface area contributed by atoms with Gasteiger partial charge in [-0.1, -0.05) is 26.7 Å². The van der Waals surface area contributed by atoms with Crippen LogP contribution in [0.3, 0.4) is 0 Å². The maximum absolute atomic E-state index is 13.0. The summed E-state index contributed by atoms with van der Waals surface area (Å²) in [6, 6.07) is -5.12. The summed E-state index contributed by atoms with van der Waals surface area (Å²) >= 11 is 0. The molecule has 14 heteroatoms. The number of carboxylic acid groups (broad SMARTS) is 2. The Labute approximate surface area is 203 Å². The number of amides is 4. The van der Waals surface area contributed by atoms with Gasteiger partial charge in [-0.15, -0.1) is 0 Å². The highest BCUT2D eigenvalue weighted by Gasteiger charge is 2.33. The monoisotopic (exact) mass is 502 g/mol. The van der Waals surface area contributed by atoms with E-state index < -0.39 is 72.1 Å². The van der Waals surface area contributed by atoms with Crippen LogP contribution in [0.25, 0.3) is 0 Å². The van der Waals surface area contributed by atoms with Gasteiger partial charge in [0.15, 0.2) is 0 Å². The zero-order valence-electron chi connectivity index (χ0n) is 20.1. The number of unbranched alkanes of at least 4 members (excludes halogenated alkanes) is 1. The highest BCUT2D eigenvalue weighted by molar-refractivity contribution is 5.95. The number of primary amides is 1. The van der Waals surface area contributed by atoms with E-state index in [0.29, 0.717) is 32.2 Å². The van der Waals surface area contributed by atoms with E-state index >= 15 is 0 Å². The average molecular weight is 503 g/mol. The molecule has 0 bridgehead atoms. The largest absolute Gasteiger partial charge is 0.481 e. The second kappa shape index (κ2) is 16.4. The fourth-order valence-corrected chi connectivity index (χ4v) is 3.07. The van der Waals surface area contributed by atoms with Gasteiger partial charge in [-0.05, 0) is 31.7 Å². The number of hydrogen-bond acceptors (Lipinski definition) is 8. The molecule has 0 heterocycles. The molecule has 5 unspecified atom stereocenters. The summed E-state index contributed by atoms with van der Waals surface area (Å²) in [5.41, 5.74) is 16.5. The summed E-state index contributed by atoms with van der Waals surface area (Å²) in [7, 11) is 0. The first-order valence-electron chi connectivity index (χ1n) is 11.4. The Kier molecular flexibility index (Phi) is 14.9. The Morgan fingerprint density at radius 2 is 1.46 bits per heavy atom. The molecule has 14 nitrogen and oxygen atoms in total. The third-order valence-corrected chi connectivity index (χ3v) is 5.40. The number of rotatable bonds is 18. The molecule has 5 atom stereocenters. The van der Waals surface area contributed by atoms with Gasteiger partial charge in [0.25, 0.3) is 0 Å². The minimum absolute atomic E-state index is 0.159. The Hall–Kier alpha value is -3.26. The number of nitrogens with one attached hydrogen (secondary N) is 3. The Morgan fingerprint density at radius 1 is 0.857 bits per heavy atom. The lowest BCUT2D eigenvalue weighted by Crippen LogP contribution is -2.58. The lowest BCUT2D eigenvalue weighted by atomic mass is 9.97. The van der Waals surface area contributed by atoms with Gasteiger partial charge in [-0.2, -0.15) is 0 Å². The molecule has 0 aliphatic heterocycles. The van der Waals surface area contributed by atoms with Gasteiger partial charge in [0.2, 0.25) is 23.6 Å². The molecule has 0 aromatic rings. The Balaban J connectivity index is 5.56. The van der Waals surface area contributed by atoms with Crippen molar-refractivity contribution < 1.29 is 39.0 Å². The maximum atomic E-state index is 13.0. The van der Waals surface area contributed by atoms with E-state index in [0.717, 1.165) is 0 Å². The van der Waals surface area contributed by atoms with Crippen LogP contribution >= 0.6 is 0 Å². The van der Waals surface area contributed by atoms with Crippen LogP contribution in [-0.4, -0.2) is 76.5 Å². The summed E-state index contributed by atoms with van der Waals surface area (Å²) in [6.45, 7) is 3.80. The van der Waals surface area contributed by atoms with Crippen molar-refractivity contribution in [3.63, 3.8) is 0 Å². The predicted molar refractivity (Wildman–Crippen MR) is 124 cm³/mol. The molecule has 0 aromatic heterocycles. The van der Waals surface area contributed by atoms with Crippen LogP contribution in [0, 0.1) is 5.92 Å². The molecule has 4 amide bonds. The second-order valence-electron chi connectivity index (χ2n) is 8.33. The molecule has 0 saturated carbocycles. The lowest BCUT2D eigenvalue weighted by Gasteiger charge is -2.28. The first kappa shape index (κ1) is 31.7. The van der Waals surface area contributed by atoms with Crippen molar-refractivity contribution in [1.82, 2.24) is 16.0 Å². The van der Waals surface area contributed by atoms with Crippen LogP contribution in [0.4, 0.5) is 0 Å². The van der Waals surface area contributed by atoms with Gasteiger partial charge in [-0.25, -0.2) is 4.79 Å². The summed E-state index contributed by atoms with van der Waals surface area (Å²) in [5, 5.41) is 25.1. The Bertz CT molecular complexity index is 762. The summed E-state index contributed by atoms with van der Waals surface area (Å²) < 4.78 is 0. The van der Waals surface area contributed by atoms with Crippen molar-refractivity contribution >= 4 is 35.6 Å². The zero-order chi connectivity index (χ0) is 27.1. The van der Waals surface area contributed by atoms with Crippen molar-refractivity contribution in [2.24, 2.45) is 23.1 Å².